The summed E-state index contributed by atoms with van der Waals surface area (Å²) in [7, 11) is 0. The fourth-order valence-corrected chi connectivity index (χ4v) is 3.13. The molecule has 1 heterocycles. The van der Waals surface area contributed by atoms with Crippen molar-refractivity contribution >= 4 is 17.2 Å². The summed E-state index contributed by atoms with van der Waals surface area (Å²) in [5.74, 6) is 0.151. The summed E-state index contributed by atoms with van der Waals surface area (Å²) in [6.45, 7) is 2.70. The number of carbonyl (C=O) groups excluding carboxylic acids is 1. The lowest BCUT2D eigenvalue weighted by Crippen LogP contribution is -2.27. The highest BCUT2D eigenvalue weighted by atomic mass is 32.1. The molecule has 3 aromatic rings. The van der Waals surface area contributed by atoms with Crippen LogP contribution in [-0.2, 0) is 0 Å². The van der Waals surface area contributed by atoms with Crippen LogP contribution in [0.5, 0.6) is 0 Å². The smallest absolute Gasteiger partial charge is 0.270 e. The van der Waals surface area contributed by atoms with Gasteiger partial charge in [0, 0.05) is 17.5 Å². The van der Waals surface area contributed by atoms with Gasteiger partial charge in [-0.3, -0.25) is 4.79 Å². The zero-order valence-electron chi connectivity index (χ0n) is 12.9. The summed E-state index contributed by atoms with van der Waals surface area (Å²) in [4.78, 5) is 16.7. The van der Waals surface area contributed by atoms with Crippen molar-refractivity contribution in [3.63, 3.8) is 0 Å². The van der Waals surface area contributed by atoms with Gasteiger partial charge in [-0.25, -0.2) is 4.98 Å². The van der Waals surface area contributed by atoms with E-state index in [9.17, 15) is 4.79 Å². The molecule has 23 heavy (non-hydrogen) atoms. The SMILES string of the molecule is C[C@@H](CNC(=O)c1csc(-c2ccccc2)n1)c1ccccc1. The number of benzene rings is 2. The molecule has 3 nitrogen and oxygen atoms in total. The molecule has 0 aliphatic rings. The van der Waals surface area contributed by atoms with E-state index in [4.69, 9.17) is 0 Å². The summed E-state index contributed by atoms with van der Waals surface area (Å²) in [5.41, 5.74) is 2.74. The first-order valence-electron chi connectivity index (χ1n) is 7.58. The summed E-state index contributed by atoms with van der Waals surface area (Å²) in [6.07, 6.45) is 0. The van der Waals surface area contributed by atoms with E-state index < -0.39 is 0 Å². The van der Waals surface area contributed by atoms with Gasteiger partial charge in [0.2, 0.25) is 0 Å². The summed E-state index contributed by atoms with van der Waals surface area (Å²) < 4.78 is 0. The number of hydrogen-bond donors (Lipinski definition) is 1. The standard InChI is InChI=1S/C19H18N2OS/c1-14(15-8-4-2-5-9-15)12-20-18(22)17-13-23-19(21-17)16-10-6-3-7-11-16/h2-11,13-14H,12H2,1H3,(H,20,22)/t14-/m0/s1. The van der Waals surface area contributed by atoms with Gasteiger partial charge >= 0.3 is 0 Å². The van der Waals surface area contributed by atoms with Crippen molar-refractivity contribution in [2.75, 3.05) is 6.54 Å². The molecule has 116 valence electrons. The molecule has 1 aromatic heterocycles. The minimum atomic E-state index is -0.119. The highest BCUT2D eigenvalue weighted by molar-refractivity contribution is 7.13. The minimum Gasteiger partial charge on any atom is -0.350 e. The van der Waals surface area contributed by atoms with Crippen molar-refractivity contribution < 1.29 is 4.79 Å². The number of nitrogens with zero attached hydrogens (tertiary/aromatic N) is 1. The largest absolute Gasteiger partial charge is 0.350 e. The zero-order chi connectivity index (χ0) is 16.1. The maximum absolute atomic E-state index is 12.3. The van der Waals surface area contributed by atoms with Gasteiger partial charge in [-0.15, -0.1) is 11.3 Å². The van der Waals surface area contributed by atoms with E-state index in [0.29, 0.717) is 12.2 Å². The highest BCUT2D eigenvalue weighted by Gasteiger charge is 2.13. The van der Waals surface area contributed by atoms with Crippen LogP contribution in [-0.4, -0.2) is 17.4 Å². The van der Waals surface area contributed by atoms with Crippen LogP contribution in [0, 0.1) is 0 Å². The van der Waals surface area contributed by atoms with E-state index in [1.165, 1.54) is 16.9 Å². The first-order valence-corrected chi connectivity index (χ1v) is 8.46. The quantitative estimate of drug-likeness (QED) is 0.759. The van der Waals surface area contributed by atoms with Crippen molar-refractivity contribution in [3.05, 3.63) is 77.3 Å². The van der Waals surface area contributed by atoms with Crippen LogP contribution < -0.4 is 5.32 Å². The Kier molecular flexibility index (Phi) is 4.83. The molecule has 0 aliphatic carbocycles. The van der Waals surface area contributed by atoms with E-state index in [-0.39, 0.29) is 11.8 Å². The molecule has 0 fully saturated rings. The molecule has 0 spiro atoms. The summed E-state index contributed by atoms with van der Waals surface area (Å²) in [6, 6.07) is 20.1. The van der Waals surface area contributed by atoms with Crippen molar-refractivity contribution in [1.82, 2.24) is 10.3 Å². The van der Waals surface area contributed by atoms with Gasteiger partial charge < -0.3 is 5.32 Å². The number of hydrogen-bond acceptors (Lipinski definition) is 3. The Morgan fingerprint density at radius 3 is 2.43 bits per heavy atom. The second kappa shape index (κ2) is 7.20. The van der Waals surface area contributed by atoms with Gasteiger partial charge in [0.05, 0.1) is 0 Å². The average Bonchev–Trinajstić information content (AvgIpc) is 3.11. The Balaban J connectivity index is 1.62. The monoisotopic (exact) mass is 322 g/mol. The third kappa shape index (κ3) is 3.85. The number of nitrogens with one attached hydrogen (secondary N) is 1. The molecular weight excluding hydrogens is 304 g/mol. The van der Waals surface area contributed by atoms with Gasteiger partial charge in [-0.1, -0.05) is 67.6 Å². The second-order valence-corrected chi connectivity index (χ2v) is 6.28. The topological polar surface area (TPSA) is 42.0 Å². The first-order chi connectivity index (χ1) is 11.2. The lowest BCUT2D eigenvalue weighted by Gasteiger charge is -2.12. The molecule has 1 N–H and O–H groups in total. The fraction of sp³-hybridized carbons (Fsp3) is 0.158. The van der Waals surface area contributed by atoms with Crippen molar-refractivity contribution in [2.45, 2.75) is 12.8 Å². The Morgan fingerprint density at radius 2 is 1.74 bits per heavy atom. The molecule has 0 bridgehead atoms. The molecular formula is C19H18N2OS. The normalized spacial score (nSPS) is 11.9. The van der Waals surface area contributed by atoms with Crippen LogP contribution in [0.15, 0.2) is 66.0 Å². The molecule has 0 unspecified atom stereocenters. The predicted molar refractivity (Wildman–Crippen MR) is 94.7 cm³/mol. The molecule has 0 aliphatic heterocycles. The molecule has 0 saturated heterocycles. The minimum absolute atomic E-state index is 0.119. The van der Waals surface area contributed by atoms with E-state index >= 15 is 0 Å². The van der Waals surface area contributed by atoms with Gasteiger partial charge in [0.1, 0.15) is 10.7 Å². The van der Waals surface area contributed by atoms with E-state index in [0.717, 1.165) is 10.6 Å². The molecule has 1 atom stereocenters. The average molecular weight is 322 g/mol. The fourth-order valence-electron chi connectivity index (χ4n) is 2.33. The molecule has 3 rings (SSSR count). The molecule has 0 saturated carbocycles. The van der Waals surface area contributed by atoms with Crippen molar-refractivity contribution in [1.29, 1.82) is 0 Å². The Bertz CT molecular complexity index is 768. The Morgan fingerprint density at radius 1 is 1.09 bits per heavy atom. The number of carbonyl (C=O) groups is 1. The summed E-state index contributed by atoms with van der Waals surface area (Å²) in [5, 5.41) is 5.65. The summed E-state index contributed by atoms with van der Waals surface area (Å²) >= 11 is 1.49. The molecule has 2 aromatic carbocycles. The third-order valence-corrected chi connectivity index (χ3v) is 4.59. The number of thiazole rings is 1. The van der Waals surface area contributed by atoms with Gasteiger partial charge in [0.25, 0.3) is 5.91 Å². The maximum atomic E-state index is 12.3. The number of amides is 1. The second-order valence-electron chi connectivity index (χ2n) is 5.43. The Labute approximate surface area is 140 Å². The lowest BCUT2D eigenvalue weighted by atomic mass is 10.0. The van der Waals surface area contributed by atoms with Crippen LogP contribution in [0.2, 0.25) is 0 Å². The molecule has 1 amide bonds. The van der Waals surface area contributed by atoms with Crippen molar-refractivity contribution in [2.24, 2.45) is 0 Å². The van der Waals surface area contributed by atoms with Crippen molar-refractivity contribution in [3.8, 4) is 10.6 Å². The van der Waals surface area contributed by atoms with Crippen LogP contribution in [0.3, 0.4) is 0 Å². The highest BCUT2D eigenvalue weighted by Crippen LogP contribution is 2.23. The van der Waals surface area contributed by atoms with Crippen LogP contribution in [0.4, 0.5) is 0 Å². The number of rotatable bonds is 5. The van der Waals surface area contributed by atoms with Gasteiger partial charge in [-0.2, -0.15) is 0 Å². The molecule has 0 radical (unpaired) electrons. The Hall–Kier alpha value is -2.46. The van der Waals surface area contributed by atoms with E-state index in [1.807, 2.05) is 53.9 Å². The maximum Gasteiger partial charge on any atom is 0.270 e. The third-order valence-electron chi connectivity index (χ3n) is 3.69. The van der Waals surface area contributed by atoms with Gasteiger partial charge in [0.15, 0.2) is 0 Å². The number of aromatic nitrogens is 1. The van der Waals surface area contributed by atoms with Crippen LogP contribution in [0.1, 0.15) is 28.9 Å². The first kappa shape index (κ1) is 15.4. The van der Waals surface area contributed by atoms with Crippen LogP contribution in [0.25, 0.3) is 10.6 Å². The molecule has 4 heteroatoms. The van der Waals surface area contributed by atoms with Gasteiger partial charge in [-0.05, 0) is 11.5 Å². The van der Waals surface area contributed by atoms with Crippen LogP contribution >= 0.6 is 11.3 Å². The zero-order valence-corrected chi connectivity index (χ0v) is 13.7. The lowest BCUT2D eigenvalue weighted by molar-refractivity contribution is 0.0947. The van der Waals surface area contributed by atoms with E-state index in [2.05, 4.69) is 29.4 Å². The predicted octanol–water partition coefficient (Wildman–Crippen LogP) is 4.34. The van der Waals surface area contributed by atoms with E-state index in [1.54, 1.807) is 0 Å².